The molecule has 0 saturated carbocycles. The number of nitrogens with one attached hydrogen (secondary N) is 8. The molecule has 2 aromatic heterocycles. The first kappa shape index (κ1) is 59.9. The molecule has 1 aliphatic rings. The van der Waals surface area contributed by atoms with Gasteiger partial charge < -0.3 is 62.3 Å². The van der Waals surface area contributed by atoms with E-state index >= 15 is 0 Å². The number of nitrogens with two attached hydrogens (primary N) is 2. The number of pyridine rings is 1. The first-order valence-corrected chi connectivity index (χ1v) is 26.1. The van der Waals surface area contributed by atoms with E-state index in [1.165, 1.54) is 9.78 Å². The van der Waals surface area contributed by atoms with Crippen LogP contribution >= 0.6 is 11.5 Å². The number of nitrogens with zero attached hydrogens (tertiary/aromatic N) is 2. The molecule has 22 nitrogen and oxygen atoms in total. The number of anilines is 3. The molecule has 1 saturated heterocycles. The van der Waals surface area contributed by atoms with Gasteiger partial charge in [0.1, 0.15) is 17.8 Å². The van der Waals surface area contributed by atoms with E-state index in [1.54, 1.807) is 64.4 Å². The van der Waals surface area contributed by atoms with Crippen LogP contribution in [0.5, 0.6) is 0 Å². The molecule has 0 aliphatic carbocycles. The number of carbonyl (C=O) groups is 5. The minimum atomic E-state index is -1.03. The van der Waals surface area contributed by atoms with Gasteiger partial charge in [-0.05, 0) is 106 Å². The highest BCUT2D eigenvalue weighted by atomic mass is 32.1. The predicted octanol–water partition coefficient (Wildman–Crippen LogP) is 4.28. The SMILES string of the molecule is CCN(CCNCNC(=O)COOOCCC(=O)N[C@H](C(=O)N1CC(O)CC1C(=O)NCc1ccc(-c2s[nH]c2C)cc1)C(C)(C)C)/C(N)=C/C=C(\C)c1cc(NC(C)C)c(N)c(C(=O)Nc2c(C)cc(C)[nH]c2=O)c1. The fourth-order valence-electron chi connectivity index (χ4n) is 8.28. The third-order valence-corrected chi connectivity index (χ3v) is 13.6. The zero-order chi connectivity index (χ0) is 55.9. The molecule has 3 heterocycles. The maximum Gasteiger partial charge on any atom is 0.272 e. The summed E-state index contributed by atoms with van der Waals surface area (Å²) < 4.78 is 3.15. The molecule has 414 valence electrons. The van der Waals surface area contributed by atoms with Crippen molar-refractivity contribution in [3.05, 3.63) is 104 Å². The highest BCUT2D eigenvalue weighted by molar-refractivity contribution is 7.11. The average molecular weight is 1070 g/mol. The number of hydrogen-bond donors (Lipinski definition) is 11. The molecule has 23 heteroatoms. The number of rotatable bonds is 26. The van der Waals surface area contributed by atoms with Crippen molar-refractivity contribution in [2.45, 2.75) is 113 Å². The number of hydrogen-bond acceptors (Lipinski definition) is 16. The number of aromatic nitrogens is 2. The van der Waals surface area contributed by atoms with Crippen LogP contribution in [0, 0.1) is 26.2 Å². The molecule has 0 spiro atoms. The summed E-state index contributed by atoms with van der Waals surface area (Å²) in [6.45, 7) is 19.7. The lowest BCUT2D eigenvalue weighted by Gasteiger charge is -2.35. The number of β-amino-alcohol motifs (C(OH)–C–C–N with tert-alkyl or cyclic N) is 1. The van der Waals surface area contributed by atoms with Crippen molar-refractivity contribution in [3.63, 3.8) is 0 Å². The van der Waals surface area contributed by atoms with Crippen LogP contribution in [0.15, 0.2) is 65.2 Å². The maximum atomic E-state index is 13.9. The van der Waals surface area contributed by atoms with Crippen molar-refractivity contribution in [3.8, 4) is 10.4 Å². The van der Waals surface area contributed by atoms with E-state index in [0.29, 0.717) is 48.0 Å². The lowest BCUT2D eigenvalue weighted by Crippen LogP contribution is -2.57. The Morgan fingerprint density at radius 2 is 1.74 bits per heavy atom. The van der Waals surface area contributed by atoms with Gasteiger partial charge >= 0.3 is 0 Å². The van der Waals surface area contributed by atoms with Gasteiger partial charge in [0.15, 0.2) is 6.61 Å². The Morgan fingerprint density at radius 3 is 2.37 bits per heavy atom. The smallest absolute Gasteiger partial charge is 0.272 e. The highest BCUT2D eigenvalue weighted by Crippen LogP contribution is 2.32. The fourth-order valence-corrected chi connectivity index (χ4v) is 8.94. The second-order valence-electron chi connectivity index (χ2n) is 20.1. The summed E-state index contributed by atoms with van der Waals surface area (Å²) in [6, 6.07) is 11.2. The van der Waals surface area contributed by atoms with Crippen LogP contribution in [-0.2, 0) is 40.5 Å². The van der Waals surface area contributed by atoms with Gasteiger partial charge in [0, 0.05) is 56.6 Å². The van der Waals surface area contributed by atoms with Crippen molar-refractivity contribution in [1.29, 1.82) is 0 Å². The molecule has 13 N–H and O–H groups in total. The highest BCUT2D eigenvalue weighted by Gasteiger charge is 2.44. The van der Waals surface area contributed by atoms with Crippen LogP contribution in [0.3, 0.4) is 0 Å². The van der Waals surface area contributed by atoms with E-state index in [0.717, 1.165) is 22.4 Å². The third kappa shape index (κ3) is 17.0. The van der Waals surface area contributed by atoms with Gasteiger partial charge in [-0.15, -0.1) is 0 Å². The lowest BCUT2D eigenvalue weighted by atomic mass is 9.85. The Balaban J connectivity index is 1.00. The van der Waals surface area contributed by atoms with E-state index in [9.17, 15) is 33.9 Å². The predicted molar refractivity (Wildman–Crippen MR) is 294 cm³/mol. The Kier molecular flexibility index (Phi) is 21.8. The van der Waals surface area contributed by atoms with Crippen molar-refractivity contribution in [1.82, 2.24) is 40.4 Å². The number of benzene rings is 2. The number of aliphatic hydroxyl groups excluding tert-OH is 1. The topological polar surface area (TPSA) is 313 Å². The van der Waals surface area contributed by atoms with E-state index in [1.807, 2.05) is 75.9 Å². The Labute approximate surface area is 447 Å². The standard InChI is InChI=1S/C53H76N12O10S/c1-11-64(42(54)17-12-31(4)37-23-39(45(55)40(24-37)59-30(2)3)49(69)62-46-32(5)22-33(6)60-51(46)71)20-19-56-29-58-44(68)28-74-75-73-21-18-43(67)61-48(53(8,9)10)52(72)65-27-38(66)25-41(65)50(70)57-26-35-13-15-36(16-14-35)47-34(7)63-76-47/h12-17,22-24,30,38,41,48,56,59,63,66H,11,18-21,25-29,54-55H2,1-10H3,(H,57,70)(H,58,68)(H,60,71)(H,61,67)(H,62,69)/b31-12+,42-17+/t38?,41?,48-/m1/s1. The summed E-state index contributed by atoms with van der Waals surface area (Å²) in [7, 11) is 0. The molecule has 2 aromatic carbocycles. The summed E-state index contributed by atoms with van der Waals surface area (Å²) in [5.74, 6) is -1.98. The number of carbonyl (C=O) groups excluding carboxylic acids is 5. The largest absolute Gasteiger partial charge is 0.396 e. The third-order valence-electron chi connectivity index (χ3n) is 12.5. The molecule has 1 aliphatic heterocycles. The van der Waals surface area contributed by atoms with Gasteiger partial charge in [-0.3, -0.25) is 34.1 Å². The van der Waals surface area contributed by atoms with Crippen LogP contribution in [-0.4, -0.2) is 124 Å². The number of H-pyrrole nitrogens is 2. The number of allylic oxidation sites excluding steroid dienone is 3. The number of nitrogen functional groups attached to an aromatic ring is 1. The summed E-state index contributed by atoms with van der Waals surface area (Å²) in [5, 5.41) is 32.6. The molecule has 76 heavy (non-hydrogen) atoms. The number of aromatic amines is 2. The molecule has 5 amide bonds. The lowest BCUT2D eigenvalue weighted by molar-refractivity contribution is -0.508. The van der Waals surface area contributed by atoms with Crippen LogP contribution < -0.4 is 48.9 Å². The molecule has 0 bridgehead atoms. The van der Waals surface area contributed by atoms with Crippen LogP contribution in [0.2, 0.25) is 0 Å². The minimum Gasteiger partial charge on any atom is -0.396 e. The molecule has 0 radical (unpaired) electrons. The van der Waals surface area contributed by atoms with Crippen LogP contribution in [0.1, 0.15) is 99.7 Å². The maximum absolute atomic E-state index is 13.9. The van der Waals surface area contributed by atoms with Gasteiger partial charge in [0.25, 0.3) is 11.5 Å². The minimum absolute atomic E-state index is 0.0164. The summed E-state index contributed by atoms with van der Waals surface area (Å²) in [5.41, 5.74) is 18.9. The molecule has 3 atom stereocenters. The summed E-state index contributed by atoms with van der Waals surface area (Å²) in [6.07, 6.45) is 2.54. The normalized spacial score (nSPS) is 15.4. The van der Waals surface area contributed by atoms with Gasteiger partial charge in [-0.2, -0.15) is 4.89 Å². The molecule has 4 aromatic rings. The number of aliphatic hydroxyl groups is 1. The molecule has 1 fully saturated rings. The summed E-state index contributed by atoms with van der Waals surface area (Å²) in [4.78, 5) is 95.9. The molecule has 2 unspecified atom stereocenters. The Morgan fingerprint density at radius 1 is 1.01 bits per heavy atom. The zero-order valence-corrected chi connectivity index (χ0v) is 46.0. The quantitative estimate of drug-likeness (QED) is 0.0104. The number of aryl methyl sites for hydroxylation is 3. The van der Waals surface area contributed by atoms with E-state index < -0.39 is 65.3 Å². The Hall–Kier alpha value is -7.02. The number of amides is 5. The van der Waals surface area contributed by atoms with Crippen LogP contribution in [0.25, 0.3) is 16.0 Å². The van der Waals surface area contributed by atoms with Crippen LogP contribution in [0.4, 0.5) is 17.1 Å². The fraction of sp³-hybridized carbons (Fsp3) is 0.472. The van der Waals surface area contributed by atoms with Crippen molar-refractivity contribution < 1.29 is 43.9 Å². The average Bonchev–Trinajstić information content (AvgIpc) is 3.76. The summed E-state index contributed by atoms with van der Waals surface area (Å²) >= 11 is 1.56. The van der Waals surface area contributed by atoms with Crippen molar-refractivity contribution >= 4 is 63.7 Å². The molecule has 5 rings (SSSR count). The van der Waals surface area contributed by atoms with Gasteiger partial charge in [-0.1, -0.05) is 67.7 Å². The first-order valence-electron chi connectivity index (χ1n) is 25.3. The second-order valence-corrected chi connectivity index (χ2v) is 20.9. The van der Waals surface area contributed by atoms with Crippen molar-refractivity contribution in [2.75, 3.05) is 62.4 Å². The monoisotopic (exact) mass is 1070 g/mol. The van der Waals surface area contributed by atoms with E-state index in [4.69, 9.17) is 21.2 Å². The van der Waals surface area contributed by atoms with Gasteiger partial charge in [0.05, 0.1) is 53.4 Å². The Bertz CT molecular complexity index is 2780. The second kappa shape index (κ2) is 27.7. The zero-order valence-electron chi connectivity index (χ0n) is 45.2. The first-order chi connectivity index (χ1) is 36.0. The van der Waals surface area contributed by atoms with Crippen molar-refractivity contribution in [2.24, 2.45) is 11.1 Å². The van der Waals surface area contributed by atoms with E-state index in [2.05, 4.69) is 46.3 Å². The molecular formula is C53H76N12O10S. The number of likely N-dealkylation sites (N-methyl/N-ethyl adjacent to an activating group) is 1. The van der Waals surface area contributed by atoms with Gasteiger partial charge in [-0.25, -0.2) is 4.89 Å². The van der Waals surface area contributed by atoms with Gasteiger partial charge in [0.2, 0.25) is 23.6 Å². The number of likely N-dealkylation sites (tertiary alicyclic amines) is 1. The molecular weight excluding hydrogens is 997 g/mol. The van der Waals surface area contributed by atoms with E-state index in [-0.39, 0.29) is 62.2 Å².